The third-order valence-electron chi connectivity index (χ3n) is 2.11. The second kappa shape index (κ2) is 4.59. The Hall–Kier alpha value is -2.19. The van der Waals surface area contributed by atoms with E-state index in [4.69, 9.17) is 5.14 Å². The van der Waals surface area contributed by atoms with Gasteiger partial charge in [0.15, 0.2) is 5.69 Å². The van der Waals surface area contributed by atoms with Crippen LogP contribution in [0.15, 0.2) is 46.0 Å². The number of para-hydroxylation sites is 1. The molecule has 0 bridgehead atoms. The highest BCUT2D eigenvalue weighted by molar-refractivity contribution is 7.89. The van der Waals surface area contributed by atoms with E-state index in [-0.39, 0.29) is 16.3 Å². The summed E-state index contributed by atoms with van der Waals surface area (Å²) >= 11 is 0. The van der Waals surface area contributed by atoms with Gasteiger partial charge in [0, 0.05) is 6.07 Å². The van der Waals surface area contributed by atoms with Gasteiger partial charge in [0.05, 0.1) is 5.69 Å². The number of hydrogen-bond acceptors (Lipinski definition) is 5. The standard InChI is InChI=1S/C10H9N3O4S/c11-18(15,16)9-4-2-1-3-7(9)12-10(14)8-5-6-17-13-8/h1-6H,(H,12,14)(H2,11,15,16). The van der Waals surface area contributed by atoms with Gasteiger partial charge in [-0.05, 0) is 12.1 Å². The number of carbonyl (C=O) groups excluding carboxylic acids is 1. The molecule has 0 saturated carbocycles. The van der Waals surface area contributed by atoms with Crippen molar-refractivity contribution in [3.05, 3.63) is 42.3 Å². The first kappa shape index (κ1) is 12.3. The highest BCUT2D eigenvalue weighted by atomic mass is 32.2. The minimum Gasteiger partial charge on any atom is -0.364 e. The van der Waals surface area contributed by atoms with Crippen molar-refractivity contribution in [3.63, 3.8) is 0 Å². The van der Waals surface area contributed by atoms with Crippen LogP contribution in [0.5, 0.6) is 0 Å². The van der Waals surface area contributed by atoms with E-state index >= 15 is 0 Å². The molecular weight excluding hydrogens is 258 g/mol. The molecule has 0 atom stereocenters. The molecule has 0 fully saturated rings. The summed E-state index contributed by atoms with van der Waals surface area (Å²) in [6.45, 7) is 0. The molecule has 2 rings (SSSR count). The largest absolute Gasteiger partial charge is 0.364 e. The fraction of sp³-hybridized carbons (Fsp3) is 0. The van der Waals surface area contributed by atoms with Crippen LogP contribution in [0.3, 0.4) is 0 Å². The average molecular weight is 267 g/mol. The van der Waals surface area contributed by atoms with Crippen LogP contribution in [0.25, 0.3) is 0 Å². The van der Waals surface area contributed by atoms with Crippen LogP contribution < -0.4 is 10.5 Å². The zero-order valence-electron chi connectivity index (χ0n) is 9.03. The molecule has 3 N–H and O–H groups in total. The Bertz CT molecular complexity index is 664. The van der Waals surface area contributed by atoms with Crippen molar-refractivity contribution in [2.45, 2.75) is 4.90 Å². The van der Waals surface area contributed by atoms with E-state index in [1.165, 1.54) is 30.5 Å². The lowest BCUT2D eigenvalue weighted by molar-refractivity contribution is 0.101. The molecule has 8 heteroatoms. The van der Waals surface area contributed by atoms with E-state index in [0.29, 0.717) is 0 Å². The van der Waals surface area contributed by atoms with Gasteiger partial charge in [0.1, 0.15) is 11.2 Å². The molecule has 1 aromatic heterocycles. The Morgan fingerprint density at radius 1 is 1.28 bits per heavy atom. The Balaban J connectivity index is 2.33. The molecule has 0 saturated heterocycles. The molecule has 0 radical (unpaired) electrons. The number of nitrogens with two attached hydrogens (primary N) is 1. The van der Waals surface area contributed by atoms with E-state index in [0.717, 1.165) is 0 Å². The van der Waals surface area contributed by atoms with E-state index in [9.17, 15) is 13.2 Å². The summed E-state index contributed by atoms with van der Waals surface area (Å²) < 4.78 is 27.1. The van der Waals surface area contributed by atoms with Gasteiger partial charge in [0.25, 0.3) is 5.91 Å². The van der Waals surface area contributed by atoms with Gasteiger partial charge in [-0.25, -0.2) is 13.6 Å². The predicted octanol–water partition coefficient (Wildman–Crippen LogP) is 0.574. The molecule has 0 aliphatic carbocycles. The number of anilines is 1. The third-order valence-corrected chi connectivity index (χ3v) is 3.08. The molecule has 1 aromatic carbocycles. The normalized spacial score (nSPS) is 11.2. The van der Waals surface area contributed by atoms with Crippen molar-refractivity contribution in [2.75, 3.05) is 5.32 Å². The summed E-state index contributed by atoms with van der Waals surface area (Å²) in [5.41, 5.74) is 0.132. The Labute approximate surface area is 103 Å². The highest BCUT2D eigenvalue weighted by Crippen LogP contribution is 2.19. The van der Waals surface area contributed by atoms with E-state index < -0.39 is 15.9 Å². The highest BCUT2D eigenvalue weighted by Gasteiger charge is 2.16. The second-order valence-corrected chi connectivity index (χ2v) is 4.91. The molecule has 7 nitrogen and oxygen atoms in total. The number of primary sulfonamides is 1. The quantitative estimate of drug-likeness (QED) is 0.843. The monoisotopic (exact) mass is 267 g/mol. The summed E-state index contributed by atoms with van der Waals surface area (Å²) in [4.78, 5) is 11.5. The van der Waals surface area contributed by atoms with Crippen molar-refractivity contribution in [1.82, 2.24) is 5.16 Å². The number of carbonyl (C=O) groups is 1. The Kier molecular flexibility index (Phi) is 3.13. The lowest BCUT2D eigenvalue weighted by atomic mass is 10.3. The number of sulfonamides is 1. The lowest BCUT2D eigenvalue weighted by Gasteiger charge is -2.07. The second-order valence-electron chi connectivity index (χ2n) is 3.38. The average Bonchev–Trinajstić information content (AvgIpc) is 2.81. The molecule has 94 valence electrons. The van der Waals surface area contributed by atoms with Gasteiger partial charge in [-0.2, -0.15) is 0 Å². The summed E-state index contributed by atoms with van der Waals surface area (Å²) in [7, 11) is -3.91. The number of benzene rings is 1. The van der Waals surface area contributed by atoms with Crippen LogP contribution in [0.1, 0.15) is 10.5 Å². The fourth-order valence-electron chi connectivity index (χ4n) is 1.33. The molecule has 1 amide bonds. The molecule has 2 aromatic rings. The number of nitrogens with one attached hydrogen (secondary N) is 1. The Morgan fingerprint density at radius 2 is 2.00 bits per heavy atom. The van der Waals surface area contributed by atoms with Gasteiger partial charge in [-0.3, -0.25) is 4.79 Å². The first-order valence-corrected chi connectivity index (χ1v) is 6.36. The fourth-order valence-corrected chi connectivity index (χ4v) is 2.03. The number of amides is 1. The van der Waals surface area contributed by atoms with E-state index in [1.807, 2.05) is 0 Å². The molecule has 18 heavy (non-hydrogen) atoms. The zero-order chi connectivity index (χ0) is 13.2. The van der Waals surface area contributed by atoms with Gasteiger partial charge < -0.3 is 9.84 Å². The van der Waals surface area contributed by atoms with Gasteiger partial charge >= 0.3 is 0 Å². The minimum atomic E-state index is -3.91. The van der Waals surface area contributed by atoms with Crippen LogP contribution >= 0.6 is 0 Å². The van der Waals surface area contributed by atoms with Crippen molar-refractivity contribution in [1.29, 1.82) is 0 Å². The van der Waals surface area contributed by atoms with Gasteiger partial charge in [-0.15, -0.1) is 0 Å². The molecule has 0 aliphatic heterocycles. The Morgan fingerprint density at radius 3 is 2.61 bits per heavy atom. The number of hydrogen-bond donors (Lipinski definition) is 2. The maximum atomic E-state index is 11.7. The maximum Gasteiger partial charge on any atom is 0.277 e. The topological polar surface area (TPSA) is 115 Å². The van der Waals surface area contributed by atoms with Gasteiger partial charge in [-0.1, -0.05) is 17.3 Å². The lowest BCUT2D eigenvalue weighted by Crippen LogP contribution is -2.18. The van der Waals surface area contributed by atoms with Crippen LogP contribution in [0.2, 0.25) is 0 Å². The third kappa shape index (κ3) is 2.55. The first-order chi connectivity index (χ1) is 8.48. The molecular formula is C10H9N3O4S. The summed E-state index contributed by atoms with van der Waals surface area (Å²) in [5.74, 6) is -0.583. The number of aromatic nitrogens is 1. The summed E-state index contributed by atoms with van der Waals surface area (Å²) in [6.07, 6.45) is 1.24. The van der Waals surface area contributed by atoms with Crippen molar-refractivity contribution >= 4 is 21.6 Å². The van der Waals surface area contributed by atoms with Gasteiger partial charge in [0.2, 0.25) is 10.0 Å². The molecule has 0 aliphatic rings. The number of nitrogens with zero attached hydrogens (tertiary/aromatic N) is 1. The number of rotatable bonds is 3. The minimum absolute atomic E-state index is 0.0409. The molecule has 0 unspecified atom stereocenters. The first-order valence-electron chi connectivity index (χ1n) is 4.82. The van der Waals surface area contributed by atoms with Crippen LogP contribution in [-0.4, -0.2) is 19.5 Å². The van der Waals surface area contributed by atoms with Crippen molar-refractivity contribution < 1.29 is 17.7 Å². The summed E-state index contributed by atoms with van der Waals surface area (Å²) in [6, 6.07) is 7.17. The van der Waals surface area contributed by atoms with E-state index in [1.54, 1.807) is 6.07 Å². The van der Waals surface area contributed by atoms with Crippen LogP contribution in [0, 0.1) is 0 Å². The van der Waals surface area contributed by atoms with Crippen molar-refractivity contribution in [3.8, 4) is 0 Å². The van der Waals surface area contributed by atoms with Crippen molar-refractivity contribution in [2.24, 2.45) is 5.14 Å². The summed E-state index contributed by atoms with van der Waals surface area (Å²) in [5, 5.41) is 10.9. The predicted molar refractivity (Wildman–Crippen MR) is 62.3 cm³/mol. The smallest absolute Gasteiger partial charge is 0.277 e. The molecule has 0 spiro atoms. The van der Waals surface area contributed by atoms with Crippen LogP contribution in [-0.2, 0) is 10.0 Å². The zero-order valence-corrected chi connectivity index (χ0v) is 9.85. The SMILES string of the molecule is NS(=O)(=O)c1ccccc1NC(=O)c1ccon1. The maximum absolute atomic E-state index is 11.7. The van der Waals surface area contributed by atoms with E-state index in [2.05, 4.69) is 15.0 Å². The molecule has 1 heterocycles. The van der Waals surface area contributed by atoms with Crippen LogP contribution in [0.4, 0.5) is 5.69 Å².